The van der Waals surface area contributed by atoms with Gasteiger partial charge in [0.1, 0.15) is 0 Å². The Morgan fingerprint density at radius 2 is 2.10 bits per heavy atom. The molecule has 20 heavy (non-hydrogen) atoms. The summed E-state index contributed by atoms with van der Waals surface area (Å²) in [5.74, 6) is -0.285. The van der Waals surface area contributed by atoms with Crippen LogP contribution in [0.5, 0.6) is 0 Å². The zero-order valence-electron chi connectivity index (χ0n) is 11.0. The Morgan fingerprint density at radius 3 is 2.80 bits per heavy atom. The molecule has 1 aliphatic heterocycles. The lowest BCUT2D eigenvalue weighted by molar-refractivity contribution is -0.120. The van der Waals surface area contributed by atoms with Crippen LogP contribution < -0.4 is 11.1 Å². The number of halogens is 1. The summed E-state index contributed by atoms with van der Waals surface area (Å²) in [6.45, 7) is 2.30. The Morgan fingerprint density at radius 1 is 1.40 bits per heavy atom. The summed E-state index contributed by atoms with van der Waals surface area (Å²) in [4.78, 5) is 11.7. The third kappa shape index (κ3) is 2.97. The third-order valence-electron chi connectivity index (χ3n) is 3.21. The smallest absolute Gasteiger partial charge is 0.243 e. The number of carbonyl (C=O) groups is 1. The molecule has 0 atom stereocenters. The molecule has 0 radical (unpaired) electrons. The lowest BCUT2D eigenvalue weighted by Gasteiger charge is -2.20. The molecule has 2 rings (SSSR count). The van der Waals surface area contributed by atoms with Gasteiger partial charge >= 0.3 is 0 Å². The van der Waals surface area contributed by atoms with E-state index in [-0.39, 0.29) is 17.3 Å². The van der Waals surface area contributed by atoms with Crippen molar-refractivity contribution in [3.05, 3.63) is 22.2 Å². The summed E-state index contributed by atoms with van der Waals surface area (Å²) in [6, 6.07) is 3.17. The maximum absolute atomic E-state index is 12.7. The van der Waals surface area contributed by atoms with Crippen molar-refractivity contribution in [3.8, 4) is 0 Å². The summed E-state index contributed by atoms with van der Waals surface area (Å²) in [7, 11) is -3.73. The maximum atomic E-state index is 12.7. The fraction of sp³-hybridized carbons (Fsp3) is 0.417. The maximum Gasteiger partial charge on any atom is 0.243 e. The van der Waals surface area contributed by atoms with Crippen LogP contribution in [0, 0.1) is 6.92 Å². The molecule has 0 spiro atoms. The highest BCUT2D eigenvalue weighted by atomic mass is 79.9. The topological polar surface area (TPSA) is 92.5 Å². The number of nitrogens with one attached hydrogen (secondary N) is 1. The minimum absolute atomic E-state index is 0.138. The lowest BCUT2D eigenvalue weighted by Crippen LogP contribution is -2.37. The Hall–Kier alpha value is -1.12. The van der Waals surface area contributed by atoms with E-state index in [2.05, 4.69) is 21.2 Å². The van der Waals surface area contributed by atoms with Gasteiger partial charge in [-0.1, -0.05) is 15.9 Å². The molecule has 1 aliphatic rings. The summed E-state index contributed by atoms with van der Waals surface area (Å²) >= 11 is 3.25. The van der Waals surface area contributed by atoms with E-state index in [1.54, 1.807) is 13.0 Å². The first-order valence-electron chi connectivity index (χ1n) is 6.15. The van der Waals surface area contributed by atoms with Gasteiger partial charge in [0.25, 0.3) is 0 Å². The molecule has 1 saturated heterocycles. The summed E-state index contributed by atoms with van der Waals surface area (Å²) < 4.78 is 27.2. The summed E-state index contributed by atoms with van der Waals surface area (Å²) in [6.07, 6.45) is 0.591. The van der Waals surface area contributed by atoms with Gasteiger partial charge in [-0.2, -0.15) is 4.31 Å². The van der Waals surface area contributed by atoms with Crippen molar-refractivity contribution in [3.63, 3.8) is 0 Å². The predicted molar refractivity (Wildman–Crippen MR) is 79.7 cm³/mol. The second kappa shape index (κ2) is 5.71. The minimum Gasteiger partial charge on any atom is -0.398 e. The number of nitrogens with zero attached hydrogens (tertiary/aromatic N) is 1. The number of amides is 1. The largest absolute Gasteiger partial charge is 0.398 e. The van der Waals surface area contributed by atoms with Crippen LogP contribution >= 0.6 is 15.9 Å². The molecular weight excluding hydrogens is 346 g/mol. The fourth-order valence-electron chi connectivity index (χ4n) is 2.06. The number of benzene rings is 1. The van der Waals surface area contributed by atoms with Crippen molar-refractivity contribution in [2.75, 3.05) is 25.4 Å². The van der Waals surface area contributed by atoms with E-state index < -0.39 is 10.0 Å². The highest BCUT2D eigenvalue weighted by Crippen LogP contribution is 2.28. The van der Waals surface area contributed by atoms with Crippen LogP contribution in [0.4, 0.5) is 5.69 Å². The number of hydrogen-bond donors (Lipinski definition) is 2. The van der Waals surface area contributed by atoms with E-state index in [0.717, 1.165) is 0 Å². The second-order valence-electron chi connectivity index (χ2n) is 4.66. The fourth-order valence-corrected chi connectivity index (χ4v) is 4.41. The zero-order chi connectivity index (χ0) is 14.9. The van der Waals surface area contributed by atoms with Gasteiger partial charge < -0.3 is 11.1 Å². The van der Waals surface area contributed by atoms with Gasteiger partial charge in [0.05, 0.1) is 11.4 Å². The average molecular weight is 362 g/mol. The van der Waals surface area contributed by atoms with Crippen molar-refractivity contribution in [1.82, 2.24) is 9.62 Å². The third-order valence-corrected chi connectivity index (χ3v) is 5.64. The van der Waals surface area contributed by atoms with Crippen LogP contribution in [-0.2, 0) is 14.8 Å². The van der Waals surface area contributed by atoms with Gasteiger partial charge in [-0.15, -0.1) is 0 Å². The minimum atomic E-state index is -3.73. The van der Waals surface area contributed by atoms with Gasteiger partial charge in [-0.3, -0.25) is 4.79 Å². The Labute approximate surface area is 126 Å². The van der Waals surface area contributed by atoms with Crippen LogP contribution in [-0.4, -0.2) is 38.3 Å². The molecule has 1 fully saturated rings. The molecule has 1 heterocycles. The van der Waals surface area contributed by atoms with Crippen LogP contribution in [0.3, 0.4) is 0 Å². The SMILES string of the molecule is Cc1c(N)cc(Br)cc1S(=O)(=O)N1CCCNC(=O)C1. The number of sulfonamides is 1. The first kappa shape index (κ1) is 15.3. The molecule has 6 nitrogen and oxygen atoms in total. The Kier molecular flexibility index (Phi) is 4.36. The number of hydrogen-bond acceptors (Lipinski definition) is 4. The van der Waals surface area contributed by atoms with Crippen LogP contribution in [0.15, 0.2) is 21.5 Å². The zero-order valence-corrected chi connectivity index (χ0v) is 13.4. The van der Waals surface area contributed by atoms with Gasteiger partial charge in [0.2, 0.25) is 15.9 Å². The highest BCUT2D eigenvalue weighted by Gasteiger charge is 2.29. The molecule has 0 aliphatic carbocycles. The number of nitrogens with two attached hydrogens (primary N) is 1. The highest BCUT2D eigenvalue weighted by molar-refractivity contribution is 9.10. The van der Waals surface area contributed by atoms with E-state index in [9.17, 15) is 13.2 Å². The molecule has 1 aromatic rings. The Balaban J connectivity index is 2.47. The van der Waals surface area contributed by atoms with Crippen molar-refractivity contribution in [2.45, 2.75) is 18.2 Å². The number of carbonyl (C=O) groups excluding carboxylic acids is 1. The van der Waals surface area contributed by atoms with Gasteiger partial charge in [-0.25, -0.2) is 8.42 Å². The number of rotatable bonds is 2. The predicted octanol–water partition coefficient (Wildman–Crippen LogP) is 0.850. The molecule has 1 amide bonds. The van der Waals surface area contributed by atoms with Gasteiger partial charge in [0.15, 0.2) is 0 Å². The molecular formula is C12H16BrN3O3S. The van der Waals surface area contributed by atoms with Crippen molar-refractivity contribution >= 4 is 37.5 Å². The van der Waals surface area contributed by atoms with E-state index in [0.29, 0.717) is 35.2 Å². The average Bonchev–Trinajstić information content (AvgIpc) is 2.58. The van der Waals surface area contributed by atoms with Gasteiger partial charge in [-0.05, 0) is 31.0 Å². The number of anilines is 1. The quantitative estimate of drug-likeness (QED) is 0.763. The normalized spacial score (nSPS) is 17.6. The Bertz CT molecular complexity index is 646. The molecule has 110 valence electrons. The van der Waals surface area contributed by atoms with E-state index in [4.69, 9.17) is 5.73 Å². The van der Waals surface area contributed by atoms with Crippen molar-refractivity contribution < 1.29 is 13.2 Å². The first-order chi connectivity index (χ1) is 9.32. The number of nitrogen functional groups attached to an aromatic ring is 1. The lowest BCUT2D eigenvalue weighted by atomic mass is 10.2. The summed E-state index contributed by atoms with van der Waals surface area (Å²) in [5.41, 5.74) is 6.71. The standard InChI is InChI=1S/C12H16BrN3O3S/c1-8-10(14)5-9(13)6-11(8)20(18,19)16-4-2-3-15-12(17)7-16/h5-6H,2-4,7,14H2,1H3,(H,15,17). The molecule has 3 N–H and O–H groups in total. The monoisotopic (exact) mass is 361 g/mol. The molecule has 0 saturated carbocycles. The molecule has 0 bridgehead atoms. The van der Waals surface area contributed by atoms with Crippen LogP contribution in [0.1, 0.15) is 12.0 Å². The molecule has 0 unspecified atom stereocenters. The van der Waals surface area contributed by atoms with E-state index in [1.165, 1.54) is 10.4 Å². The summed E-state index contributed by atoms with van der Waals surface area (Å²) in [5, 5.41) is 2.66. The van der Waals surface area contributed by atoms with E-state index >= 15 is 0 Å². The van der Waals surface area contributed by atoms with Gasteiger partial charge in [0, 0.05) is 23.2 Å². The molecule has 0 aromatic heterocycles. The van der Waals surface area contributed by atoms with Crippen LogP contribution in [0.25, 0.3) is 0 Å². The van der Waals surface area contributed by atoms with Crippen molar-refractivity contribution in [2.24, 2.45) is 0 Å². The van der Waals surface area contributed by atoms with E-state index in [1.807, 2.05) is 0 Å². The first-order valence-corrected chi connectivity index (χ1v) is 8.38. The van der Waals surface area contributed by atoms with Crippen LogP contribution in [0.2, 0.25) is 0 Å². The second-order valence-corrected chi connectivity index (χ2v) is 7.48. The molecule has 8 heteroatoms. The molecule has 1 aromatic carbocycles. The van der Waals surface area contributed by atoms with Crippen molar-refractivity contribution in [1.29, 1.82) is 0 Å².